The van der Waals surface area contributed by atoms with Gasteiger partial charge in [-0.05, 0) is 106 Å². The minimum atomic E-state index is -0.843. The number of rotatable bonds is 18. The zero-order chi connectivity index (χ0) is 50.7. The summed E-state index contributed by atoms with van der Waals surface area (Å²) in [7, 11) is -1.69. The second-order valence-electron chi connectivity index (χ2n) is 22.2. The molecule has 0 amide bonds. The van der Waals surface area contributed by atoms with Crippen LogP contribution in [0.1, 0.15) is 123 Å². The van der Waals surface area contributed by atoms with Crippen molar-refractivity contribution in [3.05, 3.63) is 239 Å². The van der Waals surface area contributed by atoms with Crippen LogP contribution in [0.5, 0.6) is 0 Å². The topological polar surface area (TPSA) is 36.9 Å². The van der Waals surface area contributed by atoms with E-state index < -0.39 is 28.4 Å². The molecule has 0 spiro atoms. The third-order valence-corrected chi connectivity index (χ3v) is 23.9. The minimum absolute atomic E-state index is 0.0604. The first-order chi connectivity index (χ1) is 36.3. The summed E-state index contributed by atoms with van der Waals surface area (Å²) < 4.78 is 29.7. The van der Waals surface area contributed by atoms with Gasteiger partial charge in [-0.3, -0.25) is 0 Å². The van der Waals surface area contributed by atoms with E-state index in [1.165, 1.54) is 44.0 Å². The third kappa shape index (κ3) is 10.7. The summed E-state index contributed by atoms with van der Waals surface area (Å²) in [5, 5.41) is 3.05. The van der Waals surface area contributed by atoms with Crippen LogP contribution in [0.25, 0.3) is 0 Å². The number of benzene rings is 7. The van der Waals surface area contributed by atoms with Gasteiger partial charge >= 0.3 is 0 Å². The predicted octanol–water partition coefficient (Wildman–Crippen LogP) is 15.6. The van der Waals surface area contributed by atoms with Crippen LogP contribution >= 0.6 is 15.8 Å². The highest BCUT2D eigenvalue weighted by atomic mass is 31.1. The van der Waals surface area contributed by atoms with Gasteiger partial charge in [-0.1, -0.05) is 252 Å². The van der Waals surface area contributed by atoms with E-state index >= 15 is 0 Å². The molecular weight excluding hydrogens is 943 g/mol. The number of hydrogen-bond acceptors (Lipinski definition) is 4. The van der Waals surface area contributed by atoms with Gasteiger partial charge in [0.25, 0.3) is 0 Å². The van der Waals surface area contributed by atoms with Gasteiger partial charge in [0.2, 0.25) is 0 Å². The second-order valence-corrected chi connectivity index (χ2v) is 27.5. The fraction of sp³-hybridized carbons (Fsp3) is 0.382. The Balaban J connectivity index is 1.01. The molecule has 0 bridgehead atoms. The van der Waals surface area contributed by atoms with Crippen LogP contribution in [0.15, 0.2) is 194 Å². The van der Waals surface area contributed by atoms with Crippen LogP contribution in [0.4, 0.5) is 0 Å². The van der Waals surface area contributed by atoms with Crippen LogP contribution in [-0.2, 0) is 44.6 Å². The molecule has 4 heterocycles. The summed E-state index contributed by atoms with van der Waals surface area (Å²) in [6.45, 7) is 13.9. The van der Waals surface area contributed by atoms with Gasteiger partial charge in [0.15, 0.2) is 12.6 Å². The Morgan fingerprint density at radius 2 is 0.595 bits per heavy atom. The summed E-state index contributed by atoms with van der Waals surface area (Å²) in [5.41, 5.74) is 11.4. The fourth-order valence-electron chi connectivity index (χ4n) is 13.5. The minimum Gasteiger partial charge on any atom is -0.342 e. The molecule has 4 saturated heterocycles. The number of ether oxygens (including phenoxy) is 4. The van der Waals surface area contributed by atoms with Crippen LogP contribution in [-0.4, -0.2) is 47.1 Å². The van der Waals surface area contributed by atoms with Gasteiger partial charge in [0, 0.05) is 33.8 Å². The average Bonchev–Trinajstić information content (AvgIpc) is 4.20. The van der Waals surface area contributed by atoms with E-state index in [0.717, 1.165) is 49.7 Å². The van der Waals surface area contributed by atoms with Gasteiger partial charge in [-0.15, -0.1) is 0 Å². The lowest BCUT2D eigenvalue weighted by Crippen LogP contribution is -2.35. The van der Waals surface area contributed by atoms with Gasteiger partial charge < -0.3 is 18.9 Å². The van der Waals surface area contributed by atoms with Crippen molar-refractivity contribution in [1.29, 1.82) is 0 Å². The summed E-state index contributed by atoms with van der Waals surface area (Å²) in [6.07, 6.45) is 4.92. The molecule has 0 saturated carbocycles. The average molecular weight is 1020 g/mol. The molecule has 0 radical (unpaired) electrons. The molecule has 4 fully saturated rings. The van der Waals surface area contributed by atoms with Crippen LogP contribution in [0.2, 0.25) is 0 Å². The van der Waals surface area contributed by atoms with Gasteiger partial charge in [0.05, 0.1) is 24.4 Å². The molecule has 4 aliphatic heterocycles. The third-order valence-electron chi connectivity index (χ3n) is 17.1. The lowest BCUT2D eigenvalue weighted by molar-refractivity contribution is -0.0712. The van der Waals surface area contributed by atoms with E-state index in [4.69, 9.17) is 18.9 Å². The van der Waals surface area contributed by atoms with Crippen LogP contribution in [0.3, 0.4) is 0 Å². The molecule has 0 aliphatic carbocycles. The molecule has 74 heavy (non-hydrogen) atoms. The fourth-order valence-corrected chi connectivity index (χ4v) is 21.7. The van der Waals surface area contributed by atoms with Crippen molar-refractivity contribution in [3.63, 3.8) is 0 Å². The van der Waals surface area contributed by atoms with E-state index in [0.29, 0.717) is 23.7 Å². The molecule has 7 aromatic rings. The van der Waals surface area contributed by atoms with Gasteiger partial charge in [-0.25, -0.2) is 0 Å². The van der Waals surface area contributed by atoms with Crippen LogP contribution < -0.4 is 10.6 Å². The first-order valence-electron chi connectivity index (χ1n) is 27.9. The van der Waals surface area contributed by atoms with Gasteiger partial charge in [-0.2, -0.15) is 0 Å². The molecule has 382 valence electrons. The Morgan fingerprint density at radius 3 is 0.838 bits per heavy atom. The van der Waals surface area contributed by atoms with Crippen molar-refractivity contribution >= 4 is 26.5 Å². The lowest BCUT2D eigenvalue weighted by Gasteiger charge is -2.36. The Labute approximate surface area is 445 Å². The van der Waals surface area contributed by atoms with Crippen molar-refractivity contribution < 1.29 is 18.9 Å². The summed E-state index contributed by atoms with van der Waals surface area (Å²) in [5.74, 6) is 2.23. The maximum absolute atomic E-state index is 7.43. The maximum atomic E-state index is 7.43. The Hall–Kier alpha value is -4.76. The Morgan fingerprint density at radius 1 is 0.338 bits per heavy atom. The van der Waals surface area contributed by atoms with Crippen molar-refractivity contribution in [2.75, 3.05) is 0 Å². The molecule has 7 aromatic carbocycles. The largest absolute Gasteiger partial charge is 0.342 e. The molecule has 0 N–H and O–H groups in total. The number of hydrogen-bond donors (Lipinski definition) is 0. The quantitative estimate of drug-likeness (QED) is 0.0803. The molecule has 0 aromatic heterocycles. The molecule has 6 heteroatoms. The SMILES string of the molecule is CCC(c1ccc(C2OC3C(O2)C(Cc2ccccc2)P(c2ccccc2P2C(Cc4ccccc4)C4OC(c5ccc(C(CC)C(C)C)cc5)OC4C2Cc2ccccc2)C3Cc2ccccc2)cc1)C(C)C. The van der Waals surface area contributed by atoms with E-state index in [2.05, 4.69) is 236 Å². The molecule has 4 aliphatic rings. The standard InChI is InChI=1S/C68H76O4P2/c1-7-55(45(3)4)51-33-37-53(38-34-51)67-69-63-59(41-47-23-13-9-14-24-47)73(60(64(63)70-67)42-48-25-15-10-16-26-48)57-31-21-22-32-58(57)74-61(43-49-27-17-11-18-28-49)65-66(62(74)44-50-29-19-12-20-30-50)72-68(71-65)54-39-35-52(36-40-54)56(8-2)46(5)6/h9-40,45-46,55-56,59-68H,7-8,41-44H2,1-6H3. The zero-order valence-corrected chi connectivity index (χ0v) is 46.1. The van der Waals surface area contributed by atoms with E-state index in [1.807, 2.05) is 0 Å². The molecule has 10 atom stereocenters. The van der Waals surface area contributed by atoms with Crippen molar-refractivity contribution in [3.8, 4) is 0 Å². The van der Waals surface area contributed by atoms with E-state index in [9.17, 15) is 0 Å². The van der Waals surface area contributed by atoms with Crippen molar-refractivity contribution in [2.45, 2.75) is 152 Å². The molecule has 10 unspecified atom stereocenters. The Bertz CT molecular complexity index is 2550. The normalized spacial score (nSPS) is 28.1. The summed E-state index contributed by atoms with van der Waals surface area (Å²) in [6, 6.07) is 72.9. The monoisotopic (exact) mass is 1020 g/mol. The van der Waals surface area contributed by atoms with Crippen molar-refractivity contribution in [1.82, 2.24) is 0 Å². The lowest BCUT2D eigenvalue weighted by atomic mass is 9.86. The molecular formula is C68H76O4P2. The van der Waals surface area contributed by atoms with Crippen molar-refractivity contribution in [2.24, 2.45) is 11.8 Å². The second kappa shape index (κ2) is 23.2. The molecule has 4 nitrogen and oxygen atoms in total. The molecule has 11 rings (SSSR count). The van der Waals surface area contributed by atoms with E-state index in [1.54, 1.807) is 0 Å². The predicted molar refractivity (Wildman–Crippen MR) is 309 cm³/mol. The number of fused-ring (bicyclic) bond motifs is 2. The maximum Gasteiger partial charge on any atom is 0.184 e. The Kier molecular flexibility index (Phi) is 16.1. The highest BCUT2D eigenvalue weighted by molar-refractivity contribution is 7.73. The van der Waals surface area contributed by atoms with Gasteiger partial charge in [0.1, 0.15) is 0 Å². The summed E-state index contributed by atoms with van der Waals surface area (Å²) in [4.78, 5) is 0. The zero-order valence-electron chi connectivity index (χ0n) is 44.3. The van der Waals surface area contributed by atoms with Crippen LogP contribution in [0, 0.1) is 11.8 Å². The summed E-state index contributed by atoms with van der Waals surface area (Å²) >= 11 is 0. The van der Waals surface area contributed by atoms with E-state index in [-0.39, 0.29) is 47.1 Å². The highest BCUT2D eigenvalue weighted by Crippen LogP contribution is 2.66. The highest BCUT2D eigenvalue weighted by Gasteiger charge is 2.60. The smallest absolute Gasteiger partial charge is 0.184 e. The first-order valence-corrected chi connectivity index (χ1v) is 30.8. The first kappa shape index (κ1) is 51.4.